The number of carbonyl (C=O) groups is 2. The quantitative estimate of drug-likeness (QED) is 0.0134. The molecule has 2 aliphatic heterocycles. The van der Waals surface area contributed by atoms with E-state index in [2.05, 4.69) is 68.5 Å². The molecule has 5 unspecified atom stereocenters. The molecule has 2 saturated heterocycles. The number of rotatable bonds is 39. The van der Waals surface area contributed by atoms with E-state index in [1.807, 2.05) is 54.7 Å². The van der Waals surface area contributed by atoms with Gasteiger partial charge in [-0.05, 0) is 64.2 Å². The fraction of sp³-hybridized carbons (Fsp3) is 0.649. The molecule has 0 saturated carbocycles. The van der Waals surface area contributed by atoms with Crippen LogP contribution < -0.4 is 0 Å². The number of allylic oxidation sites excluding steroid dienone is 18. The SMILES string of the molecule is CC/C=C/C=C/C=C/C=C/C=C/CCCC(=O)OC(COC(=O)CCCCCCCCCCCC/C=C/C/C=C/C/C=C/C/C=C/CC)CO[C@@H]1O[C@H](CO[C@@H]2O[C@H](CO)[C@H](O)C(O)C2O)[C@H](O)C(O)C1O. The Bertz CT molecular complexity index is 1660. The summed E-state index contributed by atoms with van der Waals surface area (Å²) in [6, 6.07) is 0. The van der Waals surface area contributed by atoms with Crippen molar-refractivity contribution in [1.29, 1.82) is 0 Å². The number of hydrogen-bond acceptors (Lipinski definition) is 15. The molecule has 11 atom stereocenters. The lowest BCUT2D eigenvalue weighted by atomic mass is 9.98. The summed E-state index contributed by atoms with van der Waals surface area (Å²) in [5, 5.41) is 72.1. The molecule has 15 heteroatoms. The molecule has 0 bridgehead atoms. The fourth-order valence-corrected chi connectivity index (χ4v) is 7.59. The van der Waals surface area contributed by atoms with Gasteiger partial charge in [0.1, 0.15) is 55.4 Å². The van der Waals surface area contributed by atoms with Crippen molar-refractivity contribution in [2.45, 2.75) is 210 Å². The van der Waals surface area contributed by atoms with Crippen molar-refractivity contribution < 1.29 is 73.8 Å². The highest BCUT2D eigenvalue weighted by atomic mass is 16.7. The summed E-state index contributed by atoms with van der Waals surface area (Å²) in [7, 11) is 0. The van der Waals surface area contributed by atoms with Crippen LogP contribution in [0.2, 0.25) is 0 Å². The monoisotopic (exact) mass is 1010 g/mol. The highest BCUT2D eigenvalue weighted by molar-refractivity contribution is 5.70. The minimum absolute atomic E-state index is 0.0615. The summed E-state index contributed by atoms with van der Waals surface area (Å²) < 4.78 is 33.5. The molecule has 0 aromatic rings. The molecule has 15 nitrogen and oxygen atoms in total. The van der Waals surface area contributed by atoms with Crippen molar-refractivity contribution in [3.63, 3.8) is 0 Å². The van der Waals surface area contributed by atoms with E-state index in [1.165, 1.54) is 32.1 Å². The van der Waals surface area contributed by atoms with Crippen LogP contribution in [0.15, 0.2) is 109 Å². The van der Waals surface area contributed by atoms with Gasteiger partial charge in [0.25, 0.3) is 0 Å². The number of hydrogen-bond donors (Lipinski definition) is 7. The minimum atomic E-state index is -1.79. The smallest absolute Gasteiger partial charge is 0.306 e. The fourth-order valence-electron chi connectivity index (χ4n) is 7.59. The van der Waals surface area contributed by atoms with Gasteiger partial charge < -0.3 is 64.2 Å². The molecule has 0 aliphatic carbocycles. The van der Waals surface area contributed by atoms with Gasteiger partial charge in [-0.1, -0.05) is 175 Å². The number of esters is 2. The molecule has 0 radical (unpaired) electrons. The zero-order chi connectivity index (χ0) is 52.4. The van der Waals surface area contributed by atoms with Crippen molar-refractivity contribution in [1.82, 2.24) is 0 Å². The van der Waals surface area contributed by atoms with Crippen molar-refractivity contribution in [3.8, 4) is 0 Å². The Morgan fingerprint density at radius 3 is 1.50 bits per heavy atom. The van der Waals surface area contributed by atoms with E-state index >= 15 is 0 Å². The standard InChI is InChI=1S/C57H90O15/c1-3-5-7-9-11-13-15-17-18-19-20-21-22-23-24-25-26-28-29-31-33-35-37-39-48(59)67-42-45(70-49(60)40-38-36-34-32-30-27-16-14-12-10-8-6-4-2)43-68-56-55(66)53(64)51(62)47(72-56)44-69-57-54(65)52(63)50(61)46(41-58)71-57/h5-8,10-14,16-18,20-21,27,30,32,34,45-47,50-58,61-66H,3-4,9,15,19,22-26,28-29,31,33,35-44H2,1-2H3/b7-5+,8-6+,12-10+,13-11+,16-14+,18-17+,21-20+,30-27+,34-32+/t45?,46-,47-,50+,51+,52?,53?,54?,55?,56-,57-/m1/s1. The second-order valence-electron chi connectivity index (χ2n) is 18.1. The normalized spacial score (nSPS) is 25.9. The molecule has 0 aromatic carbocycles. The second kappa shape index (κ2) is 42.5. The third kappa shape index (κ3) is 29.8. The average Bonchev–Trinajstić information content (AvgIpc) is 3.37. The Morgan fingerprint density at radius 2 is 0.917 bits per heavy atom. The molecule has 0 spiro atoms. The van der Waals surface area contributed by atoms with Gasteiger partial charge in [0, 0.05) is 12.8 Å². The highest BCUT2D eigenvalue weighted by Gasteiger charge is 2.47. The van der Waals surface area contributed by atoms with Gasteiger partial charge >= 0.3 is 11.9 Å². The van der Waals surface area contributed by atoms with Gasteiger partial charge in [0.05, 0.1) is 19.8 Å². The van der Waals surface area contributed by atoms with Gasteiger partial charge in [0.15, 0.2) is 18.7 Å². The molecule has 7 N–H and O–H groups in total. The van der Waals surface area contributed by atoms with Gasteiger partial charge in [-0.15, -0.1) is 0 Å². The summed E-state index contributed by atoms with van der Waals surface area (Å²) in [5.41, 5.74) is 0. The van der Waals surface area contributed by atoms with Crippen molar-refractivity contribution in [3.05, 3.63) is 109 Å². The molecule has 2 heterocycles. The van der Waals surface area contributed by atoms with Crippen LogP contribution >= 0.6 is 0 Å². The first-order valence-corrected chi connectivity index (χ1v) is 26.5. The topological polar surface area (TPSA) is 231 Å². The molecular weight excluding hydrogens is 925 g/mol. The Hall–Kier alpha value is -3.84. The molecule has 72 heavy (non-hydrogen) atoms. The third-order valence-electron chi connectivity index (χ3n) is 11.9. The van der Waals surface area contributed by atoms with E-state index in [4.69, 9.17) is 28.4 Å². The first kappa shape index (κ1) is 64.3. The van der Waals surface area contributed by atoms with Crippen molar-refractivity contribution in [2.24, 2.45) is 0 Å². The molecular formula is C57H90O15. The highest BCUT2D eigenvalue weighted by Crippen LogP contribution is 2.26. The Balaban J connectivity index is 1.78. The van der Waals surface area contributed by atoms with Gasteiger partial charge in [-0.2, -0.15) is 0 Å². The van der Waals surface area contributed by atoms with E-state index in [0.717, 1.165) is 64.2 Å². The molecule has 0 amide bonds. The largest absolute Gasteiger partial charge is 0.462 e. The van der Waals surface area contributed by atoms with E-state index < -0.39 is 99.3 Å². The Morgan fingerprint density at radius 1 is 0.458 bits per heavy atom. The van der Waals surface area contributed by atoms with Crippen LogP contribution in [0.4, 0.5) is 0 Å². The third-order valence-corrected chi connectivity index (χ3v) is 11.9. The maximum atomic E-state index is 13.0. The van der Waals surface area contributed by atoms with E-state index in [9.17, 15) is 45.3 Å². The molecule has 2 rings (SSSR count). The van der Waals surface area contributed by atoms with Crippen LogP contribution in [0.5, 0.6) is 0 Å². The zero-order valence-corrected chi connectivity index (χ0v) is 43.1. The summed E-state index contributed by atoms with van der Waals surface area (Å²) >= 11 is 0. The predicted molar refractivity (Wildman–Crippen MR) is 279 cm³/mol. The van der Waals surface area contributed by atoms with Crippen molar-refractivity contribution >= 4 is 11.9 Å². The first-order chi connectivity index (χ1) is 35.0. The zero-order valence-electron chi connectivity index (χ0n) is 43.1. The Kier molecular flexibility index (Phi) is 37.9. The molecule has 2 fully saturated rings. The summed E-state index contributed by atoms with van der Waals surface area (Å²) in [6.45, 7) is 2.22. The summed E-state index contributed by atoms with van der Waals surface area (Å²) in [6.07, 6.45) is 38.5. The van der Waals surface area contributed by atoms with Crippen LogP contribution in [0, 0.1) is 0 Å². The van der Waals surface area contributed by atoms with Gasteiger partial charge in [0.2, 0.25) is 0 Å². The lowest BCUT2D eigenvalue weighted by Crippen LogP contribution is -2.61. The second-order valence-corrected chi connectivity index (χ2v) is 18.1. The maximum Gasteiger partial charge on any atom is 0.306 e. The lowest BCUT2D eigenvalue weighted by Gasteiger charge is -2.42. The summed E-state index contributed by atoms with van der Waals surface area (Å²) in [5.74, 6) is -1.03. The van der Waals surface area contributed by atoms with Crippen LogP contribution in [-0.2, 0) is 38.0 Å². The van der Waals surface area contributed by atoms with Crippen LogP contribution in [0.1, 0.15) is 142 Å². The number of unbranched alkanes of at least 4 members (excludes halogenated alkanes) is 11. The van der Waals surface area contributed by atoms with Gasteiger partial charge in [-0.3, -0.25) is 9.59 Å². The van der Waals surface area contributed by atoms with E-state index in [0.29, 0.717) is 19.3 Å². The molecule has 408 valence electrons. The number of ether oxygens (including phenoxy) is 6. The van der Waals surface area contributed by atoms with Crippen LogP contribution in [-0.4, -0.2) is 142 Å². The van der Waals surface area contributed by atoms with Crippen LogP contribution in [0.25, 0.3) is 0 Å². The number of aliphatic hydroxyl groups is 7. The number of aliphatic hydroxyl groups excluding tert-OH is 7. The predicted octanol–water partition coefficient (Wildman–Crippen LogP) is 7.93. The molecule has 0 aromatic heterocycles. The lowest BCUT2D eigenvalue weighted by molar-refractivity contribution is -0.332. The average molecular weight is 1020 g/mol. The van der Waals surface area contributed by atoms with E-state index in [-0.39, 0.29) is 19.4 Å². The van der Waals surface area contributed by atoms with E-state index in [1.54, 1.807) is 0 Å². The maximum absolute atomic E-state index is 13.0. The number of carbonyl (C=O) groups excluding carboxylic acids is 2. The minimum Gasteiger partial charge on any atom is -0.462 e. The summed E-state index contributed by atoms with van der Waals surface area (Å²) in [4.78, 5) is 25.8. The van der Waals surface area contributed by atoms with Gasteiger partial charge in [-0.25, -0.2) is 0 Å². The first-order valence-electron chi connectivity index (χ1n) is 26.5. The Labute approximate surface area is 430 Å². The van der Waals surface area contributed by atoms with Crippen molar-refractivity contribution in [2.75, 3.05) is 26.4 Å². The molecule has 2 aliphatic rings. The van der Waals surface area contributed by atoms with Crippen LogP contribution in [0.3, 0.4) is 0 Å².